The molecule has 0 radical (unpaired) electrons. The molecule has 2 aromatic carbocycles. The third kappa shape index (κ3) is 3.75. The van der Waals surface area contributed by atoms with Crippen molar-refractivity contribution in [2.24, 2.45) is 0 Å². The van der Waals surface area contributed by atoms with Gasteiger partial charge in [-0.3, -0.25) is 0 Å². The summed E-state index contributed by atoms with van der Waals surface area (Å²) in [5, 5.41) is 2.08. The van der Waals surface area contributed by atoms with E-state index in [1.54, 1.807) is 11.8 Å². The lowest BCUT2D eigenvalue weighted by molar-refractivity contribution is 0.402. The molecule has 0 atom stereocenters. The van der Waals surface area contributed by atoms with Gasteiger partial charge in [-0.05, 0) is 57.4 Å². The highest BCUT2D eigenvalue weighted by atomic mass is 35.5. The lowest BCUT2D eigenvalue weighted by atomic mass is 10.2. The van der Waals surface area contributed by atoms with Crippen LogP contribution >= 0.6 is 46.6 Å². The zero-order valence-corrected chi connectivity index (χ0v) is 16.0. The van der Waals surface area contributed by atoms with Crippen LogP contribution in [0.5, 0.6) is 0 Å². The molecule has 0 amide bonds. The zero-order valence-electron chi connectivity index (χ0n) is 12.9. The van der Waals surface area contributed by atoms with E-state index in [-0.39, 0.29) is 0 Å². The van der Waals surface area contributed by atoms with E-state index in [9.17, 15) is 0 Å². The Morgan fingerprint density at radius 1 is 1.00 bits per heavy atom. The first-order chi connectivity index (χ1) is 11.0. The number of fused-ring (bicyclic) bond motifs is 2. The van der Waals surface area contributed by atoms with Gasteiger partial charge in [0.2, 0.25) is 0 Å². The summed E-state index contributed by atoms with van der Waals surface area (Å²) in [5.74, 6) is 0. The molecule has 0 N–H and O–H groups in total. The fourth-order valence-electron chi connectivity index (χ4n) is 2.69. The molecule has 0 unspecified atom stereocenters. The van der Waals surface area contributed by atoms with E-state index in [0.717, 1.165) is 45.7 Å². The normalized spacial score (nSPS) is 13.2. The van der Waals surface area contributed by atoms with Crippen molar-refractivity contribution in [3.63, 3.8) is 0 Å². The lowest BCUT2D eigenvalue weighted by Crippen LogP contribution is -2.25. The number of hydrogen-bond acceptors (Lipinski definition) is 3. The van der Waals surface area contributed by atoms with Gasteiger partial charge < -0.3 is 9.80 Å². The molecule has 0 aliphatic carbocycles. The van der Waals surface area contributed by atoms with Crippen LogP contribution < -0.4 is 4.90 Å². The molecule has 2 aromatic rings. The number of rotatable bonds is 4. The van der Waals surface area contributed by atoms with Crippen molar-refractivity contribution in [2.45, 2.75) is 16.2 Å². The van der Waals surface area contributed by atoms with Gasteiger partial charge in [0.05, 0.1) is 16.4 Å². The van der Waals surface area contributed by atoms with Gasteiger partial charge >= 0.3 is 0 Å². The van der Waals surface area contributed by atoms with Gasteiger partial charge in [-0.2, -0.15) is 0 Å². The lowest BCUT2D eigenvalue weighted by Gasteiger charge is -2.34. The van der Waals surface area contributed by atoms with Crippen molar-refractivity contribution in [2.75, 3.05) is 32.1 Å². The van der Waals surface area contributed by atoms with Crippen molar-refractivity contribution in [3.05, 3.63) is 45.4 Å². The molecule has 0 saturated heterocycles. The van der Waals surface area contributed by atoms with Gasteiger partial charge in [0.25, 0.3) is 0 Å². The smallest absolute Gasteiger partial charge is 0.0743 e. The van der Waals surface area contributed by atoms with Crippen molar-refractivity contribution in [1.29, 1.82) is 0 Å². The maximum absolute atomic E-state index is 6.51. The van der Waals surface area contributed by atoms with Gasteiger partial charge in [-0.15, -0.1) is 0 Å². The monoisotopic (exact) mass is 386 g/mol. The number of hydrogen-bond donors (Lipinski definition) is 0. The maximum atomic E-state index is 6.51. The Morgan fingerprint density at radius 3 is 2.48 bits per heavy atom. The van der Waals surface area contributed by atoms with Gasteiger partial charge in [0.1, 0.15) is 0 Å². The minimum Gasteiger partial charge on any atom is -0.338 e. The van der Waals surface area contributed by atoms with E-state index in [0.29, 0.717) is 10.0 Å². The molecule has 3 rings (SSSR count). The van der Waals surface area contributed by atoms with E-state index in [2.05, 4.69) is 30.0 Å². The van der Waals surface area contributed by atoms with Crippen LogP contribution in [0, 0.1) is 0 Å². The Bertz CT molecular complexity index is 734. The molecule has 0 bridgehead atoms. The number of anilines is 2. The predicted molar refractivity (Wildman–Crippen MR) is 102 cm³/mol. The van der Waals surface area contributed by atoms with E-state index >= 15 is 0 Å². The van der Waals surface area contributed by atoms with Crippen LogP contribution in [0.3, 0.4) is 0 Å². The highest BCUT2D eigenvalue weighted by Crippen LogP contribution is 2.52. The van der Waals surface area contributed by atoms with E-state index in [4.69, 9.17) is 34.8 Å². The van der Waals surface area contributed by atoms with E-state index in [1.165, 1.54) is 0 Å². The molecular weight excluding hydrogens is 371 g/mol. The average molecular weight is 388 g/mol. The Hall–Kier alpha value is -0.580. The van der Waals surface area contributed by atoms with E-state index in [1.807, 2.05) is 24.3 Å². The number of halogens is 3. The first-order valence-electron chi connectivity index (χ1n) is 7.34. The minimum atomic E-state index is 0.653. The molecule has 1 aliphatic heterocycles. The van der Waals surface area contributed by atoms with Crippen molar-refractivity contribution >= 4 is 57.9 Å². The molecule has 1 aliphatic rings. The van der Waals surface area contributed by atoms with Crippen molar-refractivity contribution < 1.29 is 0 Å². The van der Waals surface area contributed by atoms with Crippen molar-refractivity contribution in [3.8, 4) is 0 Å². The molecule has 0 aromatic heterocycles. The molecule has 0 spiro atoms. The molecular formula is C17H17Cl3N2S. The summed E-state index contributed by atoms with van der Waals surface area (Å²) in [6, 6.07) is 9.76. The number of nitrogens with zero attached hydrogens (tertiary/aromatic N) is 2. The first kappa shape index (κ1) is 17.2. The molecule has 6 heteroatoms. The predicted octanol–water partition coefficient (Wildman–Crippen LogP) is 6.20. The number of benzene rings is 2. The van der Waals surface area contributed by atoms with Crippen molar-refractivity contribution in [1.82, 2.24) is 4.90 Å². The summed E-state index contributed by atoms with van der Waals surface area (Å²) in [5.41, 5.74) is 2.18. The Balaban J connectivity index is 2.03. The summed E-state index contributed by atoms with van der Waals surface area (Å²) in [6.07, 6.45) is 1.04. The molecule has 0 fully saturated rings. The Labute approximate surface area is 156 Å². The molecule has 122 valence electrons. The zero-order chi connectivity index (χ0) is 16.6. The first-order valence-corrected chi connectivity index (χ1v) is 9.29. The molecule has 2 nitrogen and oxygen atoms in total. The summed E-state index contributed by atoms with van der Waals surface area (Å²) in [6.45, 7) is 1.91. The fraction of sp³-hybridized carbons (Fsp3) is 0.294. The standard InChI is InChI=1S/C17H17Cl3N2S/c1-21(2)6-3-7-22-14-5-4-11(18)9-15(14)23-16-10-12(19)8-13(20)17(16)22/h4-5,8-10H,3,6-7H2,1-2H3. The van der Waals surface area contributed by atoms with Crippen LogP contribution in [0.25, 0.3) is 0 Å². The summed E-state index contributed by atoms with van der Waals surface area (Å²) < 4.78 is 0. The van der Waals surface area contributed by atoms with Gasteiger partial charge in [-0.25, -0.2) is 0 Å². The molecule has 1 heterocycles. The van der Waals surface area contributed by atoms with Crippen LogP contribution in [0.15, 0.2) is 40.1 Å². The van der Waals surface area contributed by atoms with Gasteiger partial charge in [-0.1, -0.05) is 46.6 Å². The van der Waals surface area contributed by atoms with Crippen LogP contribution in [0.4, 0.5) is 11.4 Å². The highest BCUT2D eigenvalue weighted by molar-refractivity contribution is 7.99. The maximum Gasteiger partial charge on any atom is 0.0743 e. The van der Waals surface area contributed by atoms with Crippen LogP contribution in [0.2, 0.25) is 15.1 Å². The quantitative estimate of drug-likeness (QED) is 0.616. The second-order valence-corrected chi connectivity index (χ2v) is 8.12. The third-order valence-electron chi connectivity index (χ3n) is 3.68. The summed E-state index contributed by atoms with van der Waals surface area (Å²) >= 11 is 20.5. The summed E-state index contributed by atoms with van der Waals surface area (Å²) in [4.78, 5) is 6.67. The highest BCUT2D eigenvalue weighted by Gasteiger charge is 2.26. The Kier molecular flexibility index (Phi) is 5.34. The Morgan fingerprint density at radius 2 is 1.74 bits per heavy atom. The minimum absolute atomic E-state index is 0.653. The molecule has 23 heavy (non-hydrogen) atoms. The summed E-state index contributed by atoms with van der Waals surface area (Å²) in [7, 11) is 4.17. The van der Waals surface area contributed by atoms with Crippen LogP contribution in [-0.2, 0) is 0 Å². The van der Waals surface area contributed by atoms with Gasteiger partial charge in [0, 0.05) is 26.4 Å². The SMILES string of the molecule is CN(C)CCCN1c2ccc(Cl)cc2Sc2cc(Cl)cc(Cl)c21. The third-order valence-corrected chi connectivity index (χ3v) is 5.50. The van der Waals surface area contributed by atoms with E-state index < -0.39 is 0 Å². The van der Waals surface area contributed by atoms with Crippen LogP contribution in [0.1, 0.15) is 6.42 Å². The second kappa shape index (κ2) is 7.12. The second-order valence-electron chi connectivity index (χ2n) is 5.76. The van der Waals surface area contributed by atoms with Crippen LogP contribution in [-0.4, -0.2) is 32.1 Å². The fourth-order valence-corrected chi connectivity index (χ4v) is 4.85. The van der Waals surface area contributed by atoms with Gasteiger partial charge in [0.15, 0.2) is 0 Å². The average Bonchev–Trinajstić information content (AvgIpc) is 2.45. The molecule has 0 saturated carbocycles. The largest absolute Gasteiger partial charge is 0.338 e. The topological polar surface area (TPSA) is 6.48 Å².